The average Bonchev–Trinajstić information content (AvgIpc) is 2.43. The summed E-state index contributed by atoms with van der Waals surface area (Å²) in [4.78, 5) is 2.27. The van der Waals surface area contributed by atoms with Crippen molar-refractivity contribution in [2.45, 2.75) is 27.3 Å². The van der Waals surface area contributed by atoms with Crippen molar-refractivity contribution in [3.8, 4) is 0 Å². The number of hydrogen-bond donors (Lipinski definition) is 1. The molecule has 1 N–H and O–H groups in total. The lowest BCUT2D eigenvalue weighted by Gasteiger charge is -2.23. The molecule has 2 aromatic carbocycles. The van der Waals surface area contributed by atoms with Gasteiger partial charge in [-0.05, 0) is 55.3 Å². The summed E-state index contributed by atoms with van der Waals surface area (Å²) in [6.07, 6.45) is 0. The van der Waals surface area contributed by atoms with Crippen LogP contribution in [0.15, 0.2) is 42.5 Å². The van der Waals surface area contributed by atoms with Crippen LogP contribution in [0.25, 0.3) is 0 Å². The zero-order chi connectivity index (χ0) is 14.5. The number of benzene rings is 2. The second kappa shape index (κ2) is 6.58. The van der Waals surface area contributed by atoms with Crippen LogP contribution < -0.4 is 10.2 Å². The highest BCUT2D eigenvalue weighted by atomic mass is 15.1. The van der Waals surface area contributed by atoms with Crippen LogP contribution in [0, 0.1) is 13.8 Å². The molecule has 2 nitrogen and oxygen atoms in total. The minimum absolute atomic E-state index is 0.905. The van der Waals surface area contributed by atoms with Crippen LogP contribution in [0.4, 0.5) is 11.4 Å². The van der Waals surface area contributed by atoms with E-state index < -0.39 is 0 Å². The highest BCUT2D eigenvalue weighted by Gasteiger charge is 2.09. The van der Waals surface area contributed by atoms with Crippen molar-refractivity contribution in [1.82, 2.24) is 5.32 Å². The molecule has 0 fully saturated rings. The normalized spacial score (nSPS) is 10.6. The van der Waals surface area contributed by atoms with Gasteiger partial charge >= 0.3 is 0 Å². The van der Waals surface area contributed by atoms with Gasteiger partial charge in [-0.2, -0.15) is 0 Å². The Morgan fingerprint density at radius 1 is 1.00 bits per heavy atom. The molecule has 0 bridgehead atoms. The Labute approximate surface area is 122 Å². The number of nitrogens with zero attached hydrogens (tertiary/aromatic N) is 1. The minimum Gasteiger partial charge on any atom is -0.344 e. The van der Waals surface area contributed by atoms with Gasteiger partial charge in [0.1, 0.15) is 0 Å². The Morgan fingerprint density at radius 3 is 2.30 bits per heavy atom. The fraction of sp³-hybridized carbons (Fsp3) is 0.333. The molecule has 0 aliphatic heterocycles. The van der Waals surface area contributed by atoms with Gasteiger partial charge in [0.25, 0.3) is 0 Å². The topological polar surface area (TPSA) is 15.3 Å². The van der Waals surface area contributed by atoms with E-state index in [4.69, 9.17) is 0 Å². The van der Waals surface area contributed by atoms with Gasteiger partial charge in [0.05, 0.1) is 0 Å². The summed E-state index contributed by atoms with van der Waals surface area (Å²) < 4.78 is 0. The summed E-state index contributed by atoms with van der Waals surface area (Å²) in [5.41, 5.74) is 6.44. The average molecular weight is 268 g/mol. The largest absolute Gasteiger partial charge is 0.344 e. The van der Waals surface area contributed by atoms with Crippen LogP contribution in [-0.4, -0.2) is 13.6 Å². The van der Waals surface area contributed by atoms with E-state index in [-0.39, 0.29) is 0 Å². The fourth-order valence-corrected chi connectivity index (χ4v) is 2.53. The van der Waals surface area contributed by atoms with E-state index in [0.29, 0.717) is 0 Å². The van der Waals surface area contributed by atoms with E-state index in [2.05, 4.69) is 80.5 Å². The van der Waals surface area contributed by atoms with E-state index in [9.17, 15) is 0 Å². The molecule has 2 heteroatoms. The van der Waals surface area contributed by atoms with Gasteiger partial charge in [-0.1, -0.05) is 31.2 Å². The lowest BCUT2D eigenvalue weighted by atomic mass is 10.1. The molecule has 0 aliphatic rings. The van der Waals surface area contributed by atoms with Crippen molar-refractivity contribution in [3.05, 3.63) is 59.2 Å². The molecular weight excluding hydrogens is 244 g/mol. The van der Waals surface area contributed by atoms with Crippen molar-refractivity contribution in [3.63, 3.8) is 0 Å². The number of nitrogens with one attached hydrogen (secondary N) is 1. The molecule has 0 saturated heterocycles. The molecule has 2 aromatic rings. The second-order valence-electron chi connectivity index (χ2n) is 5.31. The summed E-state index contributed by atoms with van der Waals surface area (Å²) in [6, 6.07) is 15.3. The van der Waals surface area contributed by atoms with Crippen molar-refractivity contribution in [2.75, 3.05) is 18.5 Å². The summed E-state index contributed by atoms with van der Waals surface area (Å²) in [6.45, 7) is 8.32. The van der Waals surface area contributed by atoms with Crippen LogP contribution >= 0.6 is 0 Å². The third kappa shape index (κ3) is 3.40. The molecule has 0 heterocycles. The first-order valence-electron chi connectivity index (χ1n) is 7.22. The summed E-state index contributed by atoms with van der Waals surface area (Å²) in [5.74, 6) is 0. The summed E-state index contributed by atoms with van der Waals surface area (Å²) in [5, 5.41) is 3.41. The zero-order valence-corrected chi connectivity index (χ0v) is 12.9. The summed E-state index contributed by atoms with van der Waals surface area (Å²) >= 11 is 0. The van der Waals surface area contributed by atoms with Crippen LogP contribution in [0.1, 0.15) is 23.6 Å². The maximum atomic E-state index is 3.41. The summed E-state index contributed by atoms with van der Waals surface area (Å²) in [7, 11) is 2.14. The van der Waals surface area contributed by atoms with Crippen molar-refractivity contribution >= 4 is 11.4 Å². The van der Waals surface area contributed by atoms with Gasteiger partial charge in [-0.15, -0.1) is 0 Å². The van der Waals surface area contributed by atoms with Crippen molar-refractivity contribution in [2.24, 2.45) is 0 Å². The van der Waals surface area contributed by atoms with E-state index >= 15 is 0 Å². The number of para-hydroxylation sites is 1. The first-order valence-corrected chi connectivity index (χ1v) is 7.22. The third-order valence-electron chi connectivity index (χ3n) is 3.51. The monoisotopic (exact) mass is 268 g/mol. The lowest BCUT2D eigenvalue weighted by molar-refractivity contribution is 0.726. The highest BCUT2D eigenvalue weighted by Crippen LogP contribution is 2.28. The predicted octanol–water partition coefficient (Wildman–Crippen LogP) is 4.18. The number of rotatable bonds is 5. The minimum atomic E-state index is 0.905. The van der Waals surface area contributed by atoms with Gasteiger partial charge < -0.3 is 10.2 Å². The van der Waals surface area contributed by atoms with E-state index in [0.717, 1.165) is 13.1 Å². The number of anilines is 2. The van der Waals surface area contributed by atoms with Crippen LogP contribution in [0.5, 0.6) is 0 Å². The molecule has 0 aromatic heterocycles. The molecule has 0 unspecified atom stereocenters. The standard InChI is InChI=1S/C18H24N2/c1-5-19-13-16-8-6-7-9-18(16)20(4)17-11-14(2)10-15(3)12-17/h6-12,19H,5,13H2,1-4H3. The maximum absolute atomic E-state index is 3.41. The molecule has 0 aliphatic carbocycles. The SMILES string of the molecule is CCNCc1ccccc1N(C)c1cc(C)cc(C)c1. The first kappa shape index (κ1) is 14.6. The third-order valence-corrected chi connectivity index (χ3v) is 3.51. The van der Waals surface area contributed by atoms with Crippen LogP contribution in [0.3, 0.4) is 0 Å². The first-order chi connectivity index (χ1) is 9.61. The van der Waals surface area contributed by atoms with Gasteiger partial charge in [0, 0.05) is 25.0 Å². The molecule has 2 rings (SSSR count). The highest BCUT2D eigenvalue weighted by molar-refractivity contribution is 5.66. The maximum Gasteiger partial charge on any atom is 0.0453 e. The smallest absolute Gasteiger partial charge is 0.0453 e. The number of aryl methyl sites for hydroxylation is 2. The van der Waals surface area contributed by atoms with E-state index in [1.807, 2.05) is 0 Å². The number of hydrogen-bond acceptors (Lipinski definition) is 2. The molecule has 0 radical (unpaired) electrons. The molecule has 0 amide bonds. The quantitative estimate of drug-likeness (QED) is 0.875. The zero-order valence-electron chi connectivity index (χ0n) is 12.9. The Hall–Kier alpha value is -1.80. The lowest BCUT2D eigenvalue weighted by Crippen LogP contribution is -2.17. The molecule has 0 atom stereocenters. The van der Waals surface area contributed by atoms with Gasteiger partial charge in [-0.3, -0.25) is 0 Å². The predicted molar refractivity (Wildman–Crippen MR) is 87.8 cm³/mol. The van der Waals surface area contributed by atoms with Gasteiger partial charge in [-0.25, -0.2) is 0 Å². The van der Waals surface area contributed by atoms with Gasteiger partial charge in [0.15, 0.2) is 0 Å². The molecule has 0 spiro atoms. The second-order valence-corrected chi connectivity index (χ2v) is 5.31. The fourth-order valence-electron chi connectivity index (χ4n) is 2.53. The molecule has 0 saturated carbocycles. The van der Waals surface area contributed by atoms with Gasteiger partial charge in [0.2, 0.25) is 0 Å². The molecule has 20 heavy (non-hydrogen) atoms. The van der Waals surface area contributed by atoms with Crippen molar-refractivity contribution in [1.29, 1.82) is 0 Å². The van der Waals surface area contributed by atoms with Crippen LogP contribution in [-0.2, 0) is 6.54 Å². The Kier molecular flexibility index (Phi) is 4.80. The van der Waals surface area contributed by atoms with Crippen molar-refractivity contribution < 1.29 is 0 Å². The molecular formula is C18H24N2. The van der Waals surface area contributed by atoms with Crippen LogP contribution in [0.2, 0.25) is 0 Å². The van der Waals surface area contributed by atoms with E-state index in [1.165, 1.54) is 28.1 Å². The Morgan fingerprint density at radius 2 is 1.65 bits per heavy atom. The Bertz CT molecular complexity index is 555. The Balaban J connectivity index is 2.34. The molecule has 106 valence electrons. The van der Waals surface area contributed by atoms with E-state index in [1.54, 1.807) is 0 Å².